The summed E-state index contributed by atoms with van der Waals surface area (Å²) >= 11 is 7.85. The minimum absolute atomic E-state index is 0.565. The molecule has 1 N–H and O–H groups in total. The molecule has 2 nitrogen and oxygen atoms in total. The van der Waals surface area contributed by atoms with Crippen LogP contribution in [-0.2, 0) is 17.6 Å². The molecule has 0 aliphatic heterocycles. The van der Waals surface area contributed by atoms with Gasteiger partial charge in [0.05, 0.1) is 6.61 Å². The summed E-state index contributed by atoms with van der Waals surface area (Å²) in [5.74, 6) is 0.565. The summed E-state index contributed by atoms with van der Waals surface area (Å²) < 4.78 is 5.09. The van der Waals surface area contributed by atoms with Crippen molar-refractivity contribution in [2.24, 2.45) is 5.92 Å². The van der Waals surface area contributed by atoms with E-state index < -0.39 is 0 Å². The normalized spacial score (nSPS) is 12.5. The molecule has 0 amide bonds. The number of methoxy groups -OCH3 is 1. The van der Waals surface area contributed by atoms with Gasteiger partial charge in [0.2, 0.25) is 0 Å². The lowest BCUT2D eigenvalue weighted by Gasteiger charge is -2.17. The van der Waals surface area contributed by atoms with E-state index in [1.165, 1.54) is 11.1 Å². The van der Waals surface area contributed by atoms with Gasteiger partial charge in [0, 0.05) is 18.7 Å². The van der Waals surface area contributed by atoms with Gasteiger partial charge < -0.3 is 10.1 Å². The van der Waals surface area contributed by atoms with Crippen LogP contribution in [0.4, 0.5) is 0 Å². The number of thiophene rings is 1. The summed E-state index contributed by atoms with van der Waals surface area (Å²) in [6.07, 6.45) is 2.13. The lowest BCUT2D eigenvalue weighted by atomic mass is 9.93. The topological polar surface area (TPSA) is 21.3 Å². The highest BCUT2D eigenvalue weighted by Crippen LogP contribution is 2.18. The Morgan fingerprint density at radius 2 is 2.10 bits per heavy atom. The number of nitrogens with one attached hydrogen (secondary N) is 1. The summed E-state index contributed by atoms with van der Waals surface area (Å²) in [4.78, 5) is 0. The van der Waals surface area contributed by atoms with Gasteiger partial charge in [-0.3, -0.25) is 0 Å². The van der Waals surface area contributed by atoms with Gasteiger partial charge in [-0.1, -0.05) is 23.7 Å². The van der Waals surface area contributed by atoms with E-state index in [2.05, 4.69) is 34.3 Å². The van der Waals surface area contributed by atoms with E-state index in [0.717, 1.165) is 37.6 Å². The fourth-order valence-corrected chi connectivity index (χ4v) is 3.33. The Labute approximate surface area is 136 Å². The third kappa shape index (κ3) is 6.18. The molecule has 0 radical (unpaired) electrons. The van der Waals surface area contributed by atoms with Crippen LogP contribution in [0.25, 0.3) is 0 Å². The average molecular weight is 324 g/mol. The third-order valence-corrected chi connectivity index (χ3v) is 4.40. The summed E-state index contributed by atoms with van der Waals surface area (Å²) in [7, 11) is 1.73. The number of rotatable bonds is 9. The van der Waals surface area contributed by atoms with Crippen LogP contribution in [0.2, 0.25) is 5.02 Å². The van der Waals surface area contributed by atoms with Gasteiger partial charge in [-0.05, 0) is 65.4 Å². The minimum Gasteiger partial charge on any atom is -0.383 e. The predicted molar refractivity (Wildman–Crippen MR) is 91.4 cm³/mol. The molecular formula is C17H22ClNOS. The van der Waals surface area contributed by atoms with Crippen molar-refractivity contribution in [1.82, 2.24) is 5.32 Å². The molecule has 2 rings (SSSR count). The first-order valence-corrected chi connectivity index (χ1v) is 8.55. The van der Waals surface area contributed by atoms with Crippen LogP contribution in [-0.4, -0.2) is 26.8 Å². The third-order valence-electron chi connectivity index (χ3n) is 3.43. The van der Waals surface area contributed by atoms with E-state index in [9.17, 15) is 0 Å². The lowest BCUT2D eigenvalue weighted by molar-refractivity contribution is 0.197. The molecule has 0 spiro atoms. The van der Waals surface area contributed by atoms with Crippen molar-refractivity contribution in [3.8, 4) is 0 Å². The fraction of sp³-hybridized carbons (Fsp3) is 0.412. The van der Waals surface area contributed by atoms with Crippen molar-refractivity contribution in [1.29, 1.82) is 0 Å². The van der Waals surface area contributed by atoms with Gasteiger partial charge in [-0.15, -0.1) is 0 Å². The van der Waals surface area contributed by atoms with Gasteiger partial charge >= 0.3 is 0 Å². The van der Waals surface area contributed by atoms with Gasteiger partial charge in [0.25, 0.3) is 0 Å². The molecule has 114 valence electrons. The van der Waals surface area contributed by atoms with Crippen molar-refractivity contribution in [3.63, 3.8) is 0 Å². The minimum atomic E-state index is 0.565. The first kappa shape index (κ1) is 16.5. The first-order chi connectivity index (χ1) is 10.3. The average Bonchev–Trinajstić information content (AvgIpc) is 2.96. The van der Waals surface area contributed by atoms with Crippen LogP contribution in [0.15, 0.2) is 41.1 Å². The van der Waals surface area contributed by atoms with Crippen LogP contribution in [0.3, 0.4) is 0 Å². The second-order valence-corrected chi connectivity index (χ2v) is 6.45. The molecule has 0 aliphatic carbocycles. The van der Waals surface area contributed by atoms with E-state index in [0.29, 0.717) is 5.92 Å². The van der Waals surface area contributed by atoms with Crippen molar-refractivity contribution >= 4 is 22.9 Å². The smallest absolute Gasteiger partial charge is 0.0587 e. The van der Waals surface area contributed by atoms with E-state index >= 15 is 0 Å². The van der Waals surface area contributed by atoms with E-state index in [1.54, 1.807) is 18.4 Å². The van der Waals surface area contributed by atoms with Crippen LogP contribution >= 0.6 is 22.9 Å². The molecule has 0 saturated heterocycles. The monoisotopic (exact) mass is 323 g/mol. The highest BCUT2D eigenvalue weighted by molar-refractivity contribution is 7.07. The summed E-state index contributed by atoms with van der Waals surface area (Å²) in [5, 5.41) is 8.67. The molecule has 1 atom stereocenters. The Morgan fingerprint density at radius 3 is 2.81 bits per heavy atom. The molecule has 1 unspecified atom stereocenters. The van der Waals surface area contributed by atoms with E-state index in [1.807, 2.05) is 12.1 Å². The quantitative estimate of drug-likeness (QED) is 0.703. The highest BCUT2D eigenvalue weighted by Gasteiger charge is 2.11. The van der Waals surface area contributed by atoms with Crippen molar-refractivity contribution < 1.29 is 4.74 Å². The van der Waals surface area contributed by atoms with Crippen molar-refractivity contribution in [3.05, 3.63) is 57.2 Å². The molecular weight excluding hydrogens is 302 g/mol. The maximum atomic E-state index is 6.09. The number of benzene rings is 1. The zero-order valence-electron chi connectivity index (χ0n) is 12.3. The van der Waals surface area contributed by atoms with Crippen LogP contribution < -0.4 is 5.32 Å². The molecule has 21 heavy (non-hydrogen) atoms. The fourth-order valence-electron chi connectivity index (χ4n) is 2.44. The number of halogens is 1. The number of hydrogen-bond donors (Lipinski definition) is 1. The summed E-state index contributed by atoms with van der Waals surface area (Å²) in [6, 6.07) is 10.4. The molecule has 1 aromatic heterocycles. The molecule has 0 aliphatic rings. The van der Waals surface area contributed by atoms with Crippen molar-refractivity contribution in [2.45, 2.75) is 12.8 Å². The van der Waals surface area contributed by atoms with Gasteiger partial charge in [-0.25, -0.2) is 0 Å². The second kappa shape index (κ2) is 9.21. The molecule has 0 bridgehead atoms. The SMILES string of the molecule is COCCNCC(Cc1ccsc1)Cc1cccc(Cl)c1. The molecule has 4 heteroatoms. The van der Waals surface area contributed by atoms with Gasteiger partial charge in [0.1, 0.15) is 0 Å². The van der Waals surface area contributed by atoms with E-state index in [-0.39, 0.29) is 0 Å². The van der Waals surface area contributed by atoms with Crippen LogP contribution in [0.5, 0.6) is 0 Å². The largest absolute Gasteiger partial charge is 0.383 e. The summed E-state index contributed by atoms with van der Waals surface area (Å²) in [5.41, 5.74) is 2.72. The number of hydrogen-bond acceptors (Lipinski definition) is 3. The molecule has 2 aromatic rings. The Morgan fingerprint density at radius 1 is 1.24 bits per heavy atom. The van der Waals surface area contributed by atoms with Gasteiger partial charge in [0.15, 0.2) is 0 Å². The second-order valence-electron chi connectivity index (χ2n) is 5.23. The van der Waals surface area contributed by atoms with Crippen LogP contribution in [0.1, 0.15) is 11.1 Å². The Hall–Kier alpha value is -0.870. The molecule has 0 fully saturated rings. The Kier molecular flexibility index (Phi) is 7.24. The highest BCUT2D eigenvalue weighted by atomic mass is 35.5. The van der Waals surface area contributed by atoms with Crippen molar-refractivity contribution in [2.75, 3.05) is 26.8 Å². The zero-order valence-corrected chi connectivity index (χ0v) is 13.9. The lowest BCUT2D eigenvalue weighted by Crippen LogP contribution is -2.28. The molecule has 1 aromatic carbocycles. The maximum absolute atomic E-state index is 6.09. The molecule has 0 saturated carbocycles. The zero-order chi connectivity index (χ0) is 14.9. The van der Waals surface area contributed by atoms with Gasteiger partial charge in [-0.2, -0.15) is 11.3 Å². The Balaban J connectivity index is 1.93. The first-order valence-electron chi connectivity index (χ1n) is 7.23. The molecule has 1 heterocycles. The number of ether oxygens (including phenoxy) is 1. The predicted octanol–water partition coefficient (Wildman–Crippen LogP) is 4.04. The Bertz CT molecular complexity index is 515. The summed E-state index contributed by atoms with van der Waals surface area (Å²) in [6.45, 7) is 2.64. The maximum Gasteiger partial charge on any atom is 0.0587 e. The van der Waals surface area contributed by atoms with E-state index in [4.69, 9.17) is 16.3 Å². The standard InChI is InChI=1S/C17H22ClNOS/c1-20-7-6-19-12-16(10-15-5-8-21-13-15)9-14-3-2-4-17(18)11-14/h2-5,8,11,13,16,19H,6-7,9-10,12H2,1H3. The van der Waals surface area contributed by atoms with Crippen LogP contribution in [0, 0.1) is 5.92 Å².